The van der Waals surface area contributed by atoms with Gasteiger partial charge in [0.15, 0.2) is 0 Å². The highest BCUT2D eigenvalue weighted by Crippen LogP contribution is 2.08. The highest BCUT2D eigenvalue weighted by molar-refractivity contribution is 7.88. The van der Waals surface area contributed by atoms with Crippen molar-refractivity contribution in [3.05, 3.63) is 35.9 Å². The number of nitrogens with zero attached hydrogens (tertiary/aromatic N) is 3. The predicted octanol–water partition coefficient (Wildman–Crippen LogP) is 0.222. The second-order valence-electron chi connectivity index (χ2n) is 5.70. The van der Waals surface area contributed by atoms with Crippen LogP contribution in [-0.4, -0.2) is 74.5 Å². The van der Waals surface area contributed by atoms with Crippen LogP contribution in [-0.2, 0) is 21.4 Å². The van der Waals surface area contributed by atoms with Crippen LogP contribution in [0.25, 0.3) is 0 Å². The molecule has 1 aliphatic heterocycles. The molecule has 0 aromatic heterocycles. The summed E-state index contributed by atoms with van der Waals surface area (Å²) in [6.45, 7) is 2.75. The minimum Gasteiger partial charge on any atom is -0.339 e. The number of hydrogen-bond acceptors (Lipinski definition) is 4. The number of carbonyl (C=O) groups excluding carboxylic acids is 1. The number of sulfonamides is 1. The van der Waals surface area contributed by atoms with Gasteiger partial charge in [-0.15, -0.1) is 0 Å². The van der Waals surface area contributed by atoms with Crippen molar-refractivity contribution in [1.82, 2.24) is 14.1 Å². The minimum absolute atomic E-state index is 0.0478. The molecule has 6 nitrogen and oxygen atoms in total. The number of carbonyl (C=O) groups is 1. The van der Waals surface area contributed by atoms with Crippen molar-refractivity contribution in [2.45, 2.75) is 6.54 Å². The lowest BCUT2D eigenvalue weighted by Gasteiger charge is -2.34. The van der Waals surface area contributed by atoms with Crippen molar-refractivity contribution in [1.29, 1.82) is 0 Å². The molecule has 0 radical (unpaired) electrons. The molecule has 0 aliphatic carbocycles. The SMILES string of the molecule is CN(CC(=O)N1CCN(S(C)(=O)=O)CC1)Cc1ccccc1. The van der Waals surface area contributed by atoms with E-state index in [1.807, 2.05) is 42.3 Å². The lowest BCUT2D eigenvalue weighted by Crippen LogP contribution is -2.52. The van der Waals surface area contributed by atoms with E-state index in [1.165, 1.54) is 16.1 Å². The minimum atomic E-state index is -3.15. The maximum atomic E-state index is 12.3. The molecular formula is C15H23N3O3S. The lowest BCUT2D eigenvalue weighted by molar-refractivity contribution is -0.133. The number of amides is 1. The van der Waals surface area contributed by atoms with E-state index in [4.69, 9.17) is 0 Å². The van der Waals surface area contributed by atoms with Crippen LogP contribution in [0.2, 0.25) is 0 Å². The second kappa shape index (κ2) is 7.21. The Morgan fingerprint density at radius 1 is 1.14 bits per heavy atom. The molecule has 22 heavy (non-hydrogen) atoms. The molecule has 1 aromatic carbocycles. The number of piperazine rings is 1. The fraction of sp³-hybridized carbons (Fsp3) is 0.533. The van der Waals surface area contributed by atoms with Gasteiger partial charge in [0.1, 0.15) is 0 Å². The molecule has 1 saturated heterocycles. The van der Waals surface area contributed by atoms with Crippen LogP contribution in [0.5, 0.6) is 0 Å². The Labute approximate surface area is 132 Å². The molecule has 1 aromatic rings. The molecule has 1 aliphatic rings. The van der Waals surface area contributed by atoms with Gasteiger partial charge in [-0.3, -0.25) is 9.69 Å². The molecular weight excluding hydrogens is 302 g/mol. The van der Waals surface area contributed by atoms with E-state index in [9.17, 15) is 13.2 Å². The molecule has 0 atom stereocenters. The molecule has 1 fully saturated rings. The lowest BCUT2D eigenvalue weighted by atomic mass is 10.2. The second-order valence-corrected chi connectivity index (χ2v) is 7.68. The van der Waals surface area contributed by atoms with Crippen molar-refractivity contribution in [3.8, 4) is 0 Å². The van der Waals surface area contributed by atoms with Crippen molar-refractivity contribution in [2.24, 2.45) is 0 Å². The number of hydrogen-bond donors (Lipinski definition) is 0. The van der Waals surface area contributed by atoms with E-state index in [-0.39, 0.29) is 5.91 Å². The molecule has 1 heterocycles. The average molecular weight is 325 g/mol. The molecule has 2 rings (SSSR count). The Hall–Kier alpha value is -1.44. The third-order valence-electron chi connectivity index (χ3n) is 3.76. The van der Waals surface area contributed by atoms with Gasteiger partial charge in [0.05, 0.1) is 12.8 Å². The topological polar surface area (TPSA) is 60.9 Å². The smallest absolute Gasteiger partial charge is 0.236 e. The van der Waals surface area contributed by atoms with Gasteiger partial charge in [0, 0.05) is 32.7 Å². The largest absolute Gasteiger partial charge is 0.339 e. The summed E-state index contributed by atoms with van der Waals surface area (Å²) in [6.07, 6.45) is 1.21. The van der Waals surface area contributed by atoms with E-state index in [2.05, 4.69) is 0 Å². The summed E-state index contributed by atoms with van der Waals surface area (Å²) in [7, 11) is -1.24. The van der Waals surface area contributed by atoms with E-state index >= 15 is 0 Å². The Morgan fingerprint density at radius 3 is 2.27 bits per heavy atom. The quantitative estimate of drug-likeness (QED) is 0.777. The summed E-state index contributed by atoms with van der Waals surface area (Å²) in [5.41, 5.74) is 1.17. The van der Waals surface area contributed by atoms with Crippen LogP contribution in [0.3, 0.4) is 0 Å². The van der Waals surface area contributed by atoms with Crippen molar-refractivity contribution in [3.63, 3.8) is 0 Å². The van der Waals surface area contributed by atoms with Crippen LogP contribution in [0.4, 0.5) is 0 Å². The monoisotopic (exact) mass is 325 g/mol. The van der Waals surface area contributed by atoms with Crippen LogP contribution in [0.1, 0.15) is 5.56 Å². The zero-order chi connectivity index (χ0) is 16.2. The van der Waals surface area contributed by atoms with Gasteiger partial charge in [0.2, 0.25) is 15.9 Å². The Morgan fingerprint density at radius 2 is 1.73 bits per heavy atom. The molecule has 0 unspecified atom stereocenters. The highest BCUT2D eigenvalue weighted by Gasteiger charge is 2.26. The molecule has 0 bridgehead atoms. The van der Waals surface area contributed by atoms with E-state index < -0.39 is 10.0 Å². The van der Waals surface area contributed by atoms with Crippen molar-refractivity contribution >= 4 is 15.9 Å². The van der Waals surface area contributed by atoms with Gasteiger partial charge in [0.25, 0.3) is 0 Å². The third kappa shape index (κ3) is 4.79. The molecule has 0 spiro atoms. The Balaban J connectivity index is 1.81. The summed E-state index contributed by atoms with van der Waals surface area (Å²) in [6, 6.07) is 10.00. The fourth-order valence-electron chi connectivity index (χ4n) is 2.55. The molecule has 122 valence electrons. The predicted molar refractivity (Wildman–Crippen MR) is 85.8 cm³/mol. The third-order valence-corrected chi connectivity index (χ3v) is 5.06. The van der Waals surface area contributed by atoms with E-state index in [0.29, 0.717) is 32.7 Å². The molecule has 0 saturated carbocycles. The molecule has 1 amide bonds. The Kier molecular flexibility index (Phi) is 5.55. The van der Waals surface area contributed by atoms with E-state index in [0.717, 1.165) is 6.54 Å². The summed E-state index contributed by atoms with van der Waals surface area (Å²) in [5.74, 6) is 0.0478. The standard InChI is InChI=1S/C15H23N3O3S/c1-16(12-14-6-4-3-5-7-14)13-15(19)17-8-10-18(11-9-17)22(2,20)21/h3-7H,8-13H2,1-2H3. The van der Waals surface area contributed by atoms with Crippen molar-refractivity contribution < 1.29 is 13.2 Å². The van der Waals surface area contributed by atoms with Crippen molar-refractivity contribution in [2.75, 3.05) is 46.0 Å². The summed E-state index contributed by atoms with van der Waals surface area (Å²) < 4.78 is 24.3. The number of benzene rings is 1. The summed E-state index contributed by atoms with van der Waals surface area (Å²) >= 11 is 0. The van der Waals surface area contributed by atoms with Crippen LogP contribution in [0.15, 0.2) is 30.3 Å². The average Bonchev–Trinajstić information content (AvgIpc) is 2.47. The first-order valence-electron chi connectivity index (χ1n) is 7.31. The first-order valence-corrected chi connectivity index (χ1v) is 9.16. The summed E-state index contributed by atoms with van der Waals surface area (Å²) in [5, 5.41) is 0. The van der Waals surface area contributed by atoms with Gasteiger partial charge in [-0.2, -0.15) is 4.31 Å². The van der Waals surface area contributed by atoms with E-state index in [1.54, 1.807) is 4.90 Å². The van der Waals surface area contributed by atoms with Gasteiger partial charge >= 0.3 is 0 Å². The molecule has 0 N–H and O–H groups in total. The maximum Gasteiger partial charge on any atom is 0.236 e. The van der Waals surface area contributed by atoms with Gasteiger partial charge in [-0.1, -0.05) is 30.3 Å². The maximum absolute atomic E-state index is 12.3. The first-order chi connectivity index (χ1) is 10.4. The summed E-state index contributed by atoms with van der Waals surface area (Å²) in [4.78, 5) is 16.0. The normalized spacial score (nSPS) is 17.0. The molecule has 7 heteroatoms. The zero-order valence-corrected chi connectivity index (χ0v) is 13.9. The Bertz CT molecular complexity index is 596. The van der Waals surface area contributed by atoms with Crippen LogP contribution < -0.4 is 0 Å². The van der Waals surface area contributed by atoms with Crippen LogP contribution >= 0.6 is 0 Å². The first kappa shape index (κ1) is 16.9. The van der Waals surface area contributed by atoms with Gasteiger partial charge in [-0.25, -0.2) is 8.42 Å². The number of rotatable bonds is 5. The van der Waals surface area contributed by atoms with Gasteiger partial charge in [-0.05, 0) is 12.6 Å². The zero-order valence-electron chi connectivity index (χ0n) is 13.1. The number of likely N-dealkylation sites (N-methyl/N-ethyl adjacent to an activating group) is 1. The van der Waals surface area contributed by atoms with Gasteiger partial charge < -0.3 is 4.90 Å². The van der Waals surface area contributed by atoms with Crippen LogP contribution in [0, 0.1) is 0 Å². The fourth-order valence-corrected chi connectivity index (χ4v) is 3.38. The highest BCUT2D eigenvalue weighted by atomic mass is 32.2.